The molecule has 94 valence electrons. The number of aromatic amines is 1. The van der Waals surface area contributed by atoms with Gasteiger partial charge in [0.1, 0.15) is 0 Å². The topological polar surface area (TPSA) is 61.9 Å². The minimum Gasteiger partial charge on any atom is -0.333 e. The number of nitrogens with zero attached hydrogens (tertiary/aromatic N) is 3. The molecule has 0 aliphatic heterocycles. The van der Waals surface area contributed by atoms with Crippen LogP contribution in [0.2, 0.25) is 0 Å². The van der Waals surface area contributed by atoms with Gasteiger partial charge in [-0.3, -0.25) is 4.79 Å². The number of hydrogen-bond donors (Lipinski definition) is 1. The fourth-order valence-corrected chi connectivity index (χ4v) is 1.79. The molecule has 0 radical (unpaired) electrons. The number of hydrogen-bond acceptors (Lipinski definition) is 3. The summed E-state index contributed by atoms with van der Waals surface area (Å²) in [7, 11) is 0. The van der Waals surface area contributed by atoms with E-state index in [1.807, 2.05) is 38.1 Å². The van der Waals surface area contributed by atoms with Crippen LogP contribution in [0.4, 0.5) is 0 Å². The van der Waals surface area contributed by atoms with E-state index in [0.29, 0.717) is 18.8 Å². The molecule has 1 N–H and O–H groups in total. The summed E-state index contributed by atoms with van der Waals surface area (Å²) < 4.78 is 0. The van der Waals surface area contributed by atoms with Gasteiger partial charge in [0.2, 0.25) is 0 Å². The predicted octanol–water partition coefficient (Wildman–Crippen LogP) is 1.78. The van der Waals surface area contributed by atoms with Gasteiger partial charge in [0, 0.05) is 13.1 Å². The standard InChI is InChI=1S/C13H16N4O/c1-3-17(13(18)12-8-14-16-15-12)9-11-7-5-4-6-10(11)2/h4-8H,3,9H2,1-2H3,(H,14,15,16). The number of rotatable bonds is 4. The third kappa shape index (κ3) is 2.56. The van der Waals surface area contributed by atoms with E-state index in [4.69, 9.17) is 0 Å². The van der Waals surface area contributed by atoms with Crippen molar-refractivity contribution in [3.63, 3.8) is 0 Å². The number of H-pyrrole nitrogens is 1. The monoisotopic (exact) mass is 244 g/mol. The Balaban J connectivity index is 2.15. The Morgan fingerprint density at radius 3 is 2.78 bits per heavy atom. The van der Waals surface area contributed by atoms with Gasteiger partial charge in [-0.1, -0.05) is 24.3 Å². The van der Waals surface area contributed by atoms with Gasteiger partial charge in [-0.15, -0.1) is 0 Å². The quantitative estimate of drug-likeness (QED) is 0.891. The fraction of sp³-hybridized carbons (Fsp3) is 0.308. The van der Waals surface area contributed by atoms with E-state index in [0.717, 1.165) is 5.56 Å². The van der Waals surface area contributed by atoms with Gasteiger partial charge in [-0.05, 0) is 25.0 Å². The molecule has 2 rings (SSSR count). The van der Waals surface area contributed by atoms with Gasteiger partial charge < -0.3 is 4.90 Å². The number of nitrogens with one attached hydrogen (secondary N) is 1. The molecule has 0 atom stereocenters. The summed E-state index contributed by atoms with van der Waals surface area (Å²) in [6.45, 7) is 5.23. The zero-order valence-corrected chi connectivity index (χ0v) is 10.6. The van der Waals surface area contributed by atoms with E-state index in [1.165, 1.54) is 11.8 Å². The summed E-state index contributed by atoms with van der Waals surface area (Å²) in [6.07, 6.45) is 1.45. The Morgan fingerprint density at radius 1 is 1.39 bits per heavy atom. The molecule has 0 fully saturated rings. The second-order valence-electron chi connectivity index (χ2n) is 4.10. The van der Waals surface area contributed by atoms with E-state index in [-0.39, 0.29) is 5.91 Å². The third-order valence-corrected chi connectivity index (χ3v) is 2.93. The van der Waals surface area contributed by atoms with Crippen molar-refractivity contribution in [2.24, 2.45) is 0 Å². The first-order chi connectivity index (χ1) is 8.72. The Hall–Kier alpha value is -2.17. The highest BCUT2D eigenvalue weighted by Gasteiger charge is 2.17. The first kappa shape index (κ1) is 12.3. The van der Waals surface area contributed by atoms with Gasteiger partial charge in [-0.2, -0.15) is 15.4 Å². The Labute approximate surface area is 106 Å². The van der Waals surface area contributed by atoms with Crippen LogP contribution >= 0.6 is 0 Å². The number of benzene rings is 1. The molecule has 0 bridgehead atoms. The van der Waals surface area contributed by atoms with Crippen molar-refractivity contribution in [3.05, 3.63) is 47.3 Å². The summed E-state index contributed by atoms with van der Waals surface area (Å²) >= 11 is 0. The SMILES string of the molecule is CCN(Cc1ccccc1C)C(=O)c1cn[nH]n1. The molecule has 2 aromatic rings. The lowest BCUT2D eigenvalue weighted by atomic mass is 10.1. The molecular weight excluding hydrogens is 228 g/mol. The van der Waals surface area contributed by atoms with Crippen molar-refractivity contribution in [1.82, 2.24) is 20.3 Å². The molecule has 0 aliphatic carbocycles. The van der Waals surface area contributed by atoms with Crippen molar-refractivity contribution in [2.75, 3.05) is 6.54 Å². The molecule has 0 aliphatic rings. The molecule has 1 amide bonds. The van der Waals surface area contributed by atoms with E-state index in [2.05, 4.69) is 15.4 Å². The van der Waals surface area contributed by atoms with E-state index in [1.54, 1.807) is 4.90 Å². The van der Waals surface area contributed by atoms with Crippen LogP contribution in [0.3, 0.4) is 0 Å². The van der Waals surface area contributed by atoms with Crippen molar-refractivity contribution in [2.45, 2.75) is 20.4 Å². The first-order valence-electron chi connectivity index (χ1n) is 5.92. The number of carbonyl (C=O) groups excluding carboxylic acids is 1. The molecule has 1 aromatic carbocycles. The minimum atomic E-state index is -0.102. The van der Waals surface area contributed by atoms with Crippen LogP contribution in [0.5, 0.6) is 0 Å². The molecule has 18 heavy (non-hydrogen) atoms. The van der Waals surface area contributed by atoms with Crippen LogP contribution in [0.1, 0.15) is 28.5 Å². The zero-order chi connectivity index (χ0) is 13.0. The summed E-state index contributed by atoms with van der Waals surface area (Å²) in [6, 6.07) is 8.06. The number of carbonyl (C=O) groups is 1. The lowest BCUT2D eigenvalue weighted by Crippen LogP contribution is -2.30. The Kier molecular flexibility index (Phi) is 3.72. The van der Waals surface area contributed by atoms with Crippen LogP contribution in [0.15, 0.2) is 30.5 Å². The van der Waals surface area contributed by atoms with Crippen molar-refractivity contribution in [1.29, 1.82) is 0 Å². The molecule has 0 saturated heterocycles. The maximum absolute atomic E-state index is 12.2. The summed E-state index contributed by atoms with van der Waals surface area (Å²) in [5.74, 6) is -0.102. The van der Waals surface area contributed by atoms with E-state index < -0.39 is 0 Å². The smallest absolute Gasteiger partial charge is 0.276 e. The van der Waals surface area contributed by atoms with Crippen LogP contribution in [0, 0.1) is 6.92 Å². The number of amides is 1. The fourth-order valence-electron chi connectivity index (χ4n) is 1.79. The highest BCUT2D eigenvalue weighted by Crippen LogP contribution is 2.12. The maximum Gasteiger partial charge on any atom is 0.276 e. The molecule has 0 saturated carbocycles. The highest BCUT2D eigenvalue weighted by molar-refractivity contribution is 5.91. The predicted molar refractivity (Wildman–Crippen MR) is 68.0 cm³/mol. The molecule has 0 spiro atoms. The molecule has 5 heteroatoms. The van der Waals surface area contributed by atoms with Crippen LogP contribution in [-0.2, 0) is 6.54 Å². The van der Waals surface area contributed by atoms with Crippen molar-refractivity contribution in [3.8, 4) is 0 Å². The second kappa shape index (κ2) is 5.44. The molecule has 1 heterocycles. The van der Waals surface area contributed by atoms with Gasteiger partial charge in [-0.25, -0.2) is 0 Å². The lowest BCUT2D eigenvalue weighted by molar-refractivity contribution is 0.0746. The minimum absolute atomic E-state index is 0.102. The second-order valence-corrected chi connectivity index (χ2v) is 4.10. The van der Waals surface area contributed by atoms with E-state index >= 15 is 0 Å². The Morgan fingerprint density at radius 2 is 2.17 bits per heavy atom. The molecular formula is C13H16N4O. The Bertz CT molecular complexity index is 522. The molecule has 5 nitrogen and oxygen atoms in total. The van der Waals surface area contributed by atoms with Crippen molar-refractivity contribution >= 4 is 5.91 Å². The average molecular weight is 244 g/mol. The van der Waals surface area contributed by atoms with E-state index in [9.17, 15) is 4.79 Å². The van der Waals surface area contributed by atoms with Crippen LogP contribution < -0.4 is 0 Å². The number of aromatic nitrogens is 3. The lowest BCUT2D eigenvalue weighted by Gasteiger charge is -2.20. The largest absolute Gasteiger partial charge is 0.333 e. The van der Waals surface area contributed by atoms with Gasteiger partial charge in [0.15, 0.2) is 5.69 Å². The average Bonchev–Trinajstić information content (AvgIpc) is 2.91. The van der Waals surface area contributed by atoms with Gasteiger partial charge in [0.25, 0.3) is 5.91 Å². The molecule has 0 unspecified atom stereocenters. The summed E-state index contributed by atoms with van der Waals surface area (Å²) in [5.41, 5.74) is 2.69. The van der Waals surface area contributed by atoms with Crippen molar-refractivity contribution < 1.29 is 4.79 Å². The maximum atomic E-state index is 12.2. The first-order valence-corrected chi connectivity index (χ1v) is 5.92. The summed E-state index contributed by atoms with van der Waals surface area (Å²) in [4.78, 5) is 13.9. The van der Waals surface area contributed by atoms with Crippen LogP contribution in [0.25, 0.3) is 0 Å². The van der Waals surface area contributed by atoms with Gasteiger partial charge >= 0.3 is 0 Å². The highest BCUT2D eigenvalue weighted by atomic mass is 16.2. The van der Waals surface area contributed by atoms with Gasteiger partial charge in [0.05, 0.1) is 6.20 Å². The zero-order valence-electron chi connectivity index (χ0n) is 10.6. The number of aryl methyl sites for hydroxylation is 1. The third-order valence-electron chi connectivity index (χ3n) is 2.93. The summed E-state index contributed by atoms with van der Waals surface area (Å²) in [5, 5.41) is 9.94. The molecule has 1 aromatic heterocycles. The van der Waals surface area contributed by atoms with Crippen LogP contribution in [-0.4, -0.2) is 32.8 Å². The normalized spacial score (nSPS) is 10.3.